The number of amides is 1. The molecular weight excluding hydrogens is 392 g/mol. The second-order valence-corrected chi connectivity index (χ2v) is 7.71. The number of carbonyl (C=O) groups is 1. The number of nitrogens with two attached hydrogens (primary N) is 1. The van der Waals surface area contributed by atoms with Crippen LogP contribution in [0.25, 0.3) is 16.8 Å². The van der Waals surface area contributed by atoms with Crippen LogP contribution in [0, 0.1) is 12.8 Å². The fraction of sp³-hybridized carbons (Fsp3) is 0.304. The lowest BCUT2D eigenvalue weighted by molar-refractivity contribution is 0.0946. The predicted molar refractivity (Wildman–Crippen MR) is 120 cm³/mol. The number of rotatable bonds is 8. The van der Waals surface area contributed by atoms with Crippen LogP contribution in [-0.4, -0.2) is 25.4 Å². The first-order chi connectivity index (χ1) is 15.0. The molecule has 0 saturated heterocycles. The van der Waals surface area contributed by atoms with Gasteiger partial charge < -0.3 is 20.4 Å². The average Bonchev–Trinajstić information content (AvgIpc) is 3.49. The van der Waals surface area contributed by atoms with Crippen molar-refractivity contribution in [1.29, 1.82) is 0 Å². The fourth-order valence-electron chi connectivity index (χ4n) is 3.44. The molecule has 8 heteroatoms. The van der Waals surface area contributed by atoms with Gasteiger partial charge in [0.2, 0.25) is 0 Å². The number of aromatic nitrogens is 4. The summed E-state index contributed by atoms with van der Waals surface area (Å²) in [5.74, 6) is 0.701. The number of aryl methyl sites for hydroxylation is 1. The third kappa shape index (κ3) is 4.42. The summed E-state index contributed by atoms with van der Waals surface area (Å²) >= 11 is 0. The summed E-state index contributed by atoms with van der Waals surface area (Å²) in [4.78, 5) is 25.9. The van der Waals surface area contributed by atoms with Gasteiger partial charge in [-0.05, 0) is 44.2 Å². The Kier molecular flexibility index (Phi) is 5.70. The Labute approximate surface area is 180 Å². The minimum absolute atomic E-state index is 0.0234. The molecule has 0 atom stereocenters. The molecule has 0 aliphatic heterocycles. The van der Waals surface area contributed by atoms with Crippen molar-refractivity contribution in [2.24, 2.45) is 5.92 Å². The van der Waals surface area contributed by atoms with E-state index >= 15 is 0 Å². The number of nitrogens with one attached hydrogen (secondary N) is 1. The zero-order valence-corrected chi connectivity index (χ0v) is 17.8. The number of allylic oxidation sites excluding steroid dienone is 1. The Bertz CT molecular complexity index is 1180. The van der Waals surface area contributed by atoms with Gasteiger partial charge in [0.1, 0.15) is 11.5 Å². The quantitative estimate of drug-likeness (QED) is 0.542. The van der Waals surface area contributed by atoms with E-state index in [2.05, 4.69) is 37.5 Å². The van der Waals surface area contributed by atoms with Gasteiger partial charge in [-0.2, -0.15) is 0 Å². The summed E-state index contributed by atoms with van der Waals surface area (Å²) in [5, 5.41) is 2.89. The van der Waals surface area contributed by atoms with Crippen molar-refractivity contribution in [3.8, 4) is 0 Å². The van der Waals surface area contributed by atoms with Gasteiger partial charge in [0, 0.05) is 13.1 Å². The van der Waals surface area contributed by atoms with Crippen LogP contribution in [-0.2, 0) is 17.8 Å². The van der Waals surface area contributed by atoms with Gasteiger partial charge in [0.25, 0.3) is 5.91 Å². The van der Waals surface area contributed by atoms with Gasteiger partial charge in [0.15, 0.2) is 11.5 Å². The van der Waals surface area contributed by atoms with E-state index in [1.54, 1.807) is 13.0 Å². The molecule has 3 aromatic rings. The first-order valence-electron chi connectivity index (χ1n) is 10.3. The van der Waals surface area contributed by atoms with Crippen molar-refractivity contribution in [1.82, 2.24) is 24.8 Å². The van der Waals surface area contributed by atoms with Gasteiger partial charge in [-0.1, -0.05) is 24.8 Å². The van der Waals surface area contributed by atoms with E-state index in [0.29, 0.717) is 23.7 Å². The van der Waals surface area contributed by atoms with E-state index < -0.39 is 5.91 Å². The number of hydrogen-bond donors (Lipinski definition) is 2. The SMILES string of the molecule is C=C(O/C=C\C)c1nc(N)c(C(=O)NCc2cccc3c2ncn3CC2CC2)nc1C. The number of imidazole rings is 1. The molecule has 1 aromatic carbocycles. The minimum atomic E-state index is -0.394. The number of nitrogen functional groups attached to an aromatic ring is 1. The molecule has 2 heterocycles. The predicted octanol–water partition coefficient (Wildman–Crippen LogP) is 3.58. The molecule has 8 nitrogen and oxygen atoms in total. The standard InChI is InChI=1S/C23H26N6O2/c1-4-10-31-15(3)19-14(2)27-21(22(24)28-19)23(30)25-11-17-6-5-7-18-20(17)26-13-29(18)12-16-8-9-16/h4-7,10,13,16H,3,8-9,11-12H2,1-2H3,(H2,24,28)(H,25,30)/b10-4-. The zero-order valence-electron chi connectivity index (χ0n) is 17.8. The highest BCUT2D eigenvalue weighted by molar-refractivity contribution is 5.96. The summed E-state index contributed by atoms with van der Waals surface area (Å²) < 4.78 is 7.53. The van der Waals surface area contributed by atoms with Crippen LogP contribution >= 0.6 is 0 Å². The highest BCUT2D eigenvalue weighted by atomic mass is 16.5. The molecule has 1 aliphatic carbocycles. The van der Waals surface area contributed by atoms with Gasteiger partial charge in [-0.25, -0.2) is 15.0 Å². The normalized spacial score (nSPS) is 13.6. The van der Waals surface area contributed by atoms with Crippen LogP contribution < -0.4 is 11.1 Å². The Hall–Kier alpha value is -3.68. The number of fused-ring (bicyclic) bond motifs is 1. The lowest BCUT2D eigenvalue weighted by Gasteiger charge is -2.12. The smallest absolute Gasteiger partial charge is 0.273 e. The Morgan fingerprint density at radius 1 is 1.35 bits per heavy atom. The minimum Gasteiger partial charge on any atom is -0.464 e. The van der Waals surface area contributed by atoms with E-state index in [-0.39, 0.29) is 11.5 Å². The van der Waals surface area contributed by atoms with Crippen molar-refractivity contribution >= 4 is 28.5 Å². The Morgan fingerprint density at radius 3 is 2.90 bits per heavy atom. The molecule has 4 rings (SSSR count). The molecule has 0 bridgehead atoms. The highest BCUT2D eigenvalue weighted by Crippen LogP contribution is 2.32. The number of ether oxygens (including phenoxy) is 1. The first-order valence-corrected chi connectivity index (χ1v) is 10.3. The molecule has 1 fully saturated rings. The average molecular weight is 419 g/mol. The first kappa shape index (κ1) is 20.6. The van der Waals surface area contributed by atoms with Gasteiger partial charge in [-0.3, -0.25) is 4.79 Å². The van der Waals surface area contributed by atoms with Crippen LogP contribution in [0.1, 0.15) is 47.2 Å². The molecule has 0 radical (unpaired) electrons. The fourth-order valence-corrected chi connectivity index (χ4v) is 3.44. The number of nitrogens with zero attached hydrogens (tertiary/aromatic N) is 4. The van der Waals surface area contributed by atoms with E-state index in [1.165, 1.54) is 19.1 Å². The Morgan fingerprint density at radius 2 is 2.16 bits per heavy atom. The third-order valence-corrected chi connectivity index (χ3v) is 5.25. The second kappa shape index (κ2) is 8.59. The molecule has 0 unspecified atom stereocenters. The summed E-state index contributed by atoms with van der Waals surface area (Å²) in [6.45, 7) is 8.69. The van der Waals surface area contributed by atoms with Crippen LogP contribution in [0.3, 0.4) is 0 Å². The van der Waals surface area contributed by atoms with Crippen LogP contribution in [0.15, 0.2) is 43.4 Å². The number of hydrogen-bond acceptors (Lipinski definition) is 6. The number of anilines is 1. The second-order valence-electron chi connectivity index (χ2n) is 7.71. The Balaban J connectivity index is 1.49. The van der Waals surface area contributed by atoms with Crippen molar-refractivity contribution < 1.29 is 9.53 Å². The van der Waals surface area contributed by atoms with Crippen LogP contribution in [0.4, 0.5) is 5.82 Å². The maximum Gasteiger partial charge on any atom is 0.273 e. The van der Waals surface area contributed by atoms with Crippen LogP contribution in [0.2, 0.25) is 0 Å². The molecule has 160 valence electrons. The molecule has 2 aromatic heterocycles. The zero-order chi connectivity index (χ0) is 22.0. The largest absolute Gasteiger partial charge is 0.464 e. The monoisotopic (exact) mass is 418 g/mol. The van der Waals surface area contributed by atoms with Gasteiger partial charge >= 0.3 is 0 Å². The van der Waals surface area contributed by atoms with Crippen molar-refractivity contribution in [2.45, 2.75) is 39.8 Å². The maximum atomic E-state index is 12.8. The molecule has 1 aliphatic rings. The number of para-hydroxylation sites is 1. The number of benzene rings is 1. The maximum absolute atomic E-state index is 12.8. The van der Waals surface area contributed by atoms with Crippen molar-refractivity contribution in [2.75, 3.05) is 5.73 Å². The third-order valence-electron chi connectivity index (χ3n) is 5.25. The van der Waals surface area contributed by atoms with Crippen molar-refractivity contribution in [3.63, 3.8) is 0 Å². The molecule has 0 spiro atoms. The topological polar surface area (TPSA) is 108 Å². The van der Waals surface area contributed by atoms with E-state index in [1.807, 2.05) is 25.4 Å². The van der Waals surface area contributed by atoms with Crippen LogP contribution in [0.5, 0.6) is 0 Å². The van der Waals surface area contributed by atoms with E-state index in [0.717, 1.165) is 29.1 Å². The summed E-state index contributed by atoms with van der Waals surface area (Å²) in [6.07, 6.45) is 7.67. The highest BCUT2D eigenvalue weighted by Gasteiger charge is 2.23. The van der Waals surface area contributed by atoms with Crippen molar-refractivity contribution in [3.05, 3.63) is 66.1 Å². The molecule has 1 saturated carbocycles. The lowest BCUT2D eigenvalue weighted by atomic mass is 10.1. The lowest BCUT2D eigenvalue weighted by Crippen LogP contribution is -2.26. The molecular formula is C23H26N6O2. The molecule has 3 N–H and O–H groups in total. The van der Waals surface area contributed by atoms with E-state index in [4.69, 9.17) is 10.5 Å². The van der Waals surface area contributed by atoms with E-state index in [9.17, 15) is 4.79 Å². The number of carbonyl (C=O) groups excluding carboxylic acids is 1. The summed E-state index contributed by atoms with van der Waals surface area (Å²) in [6, 6.07) is 6.01. The van der Waals surface area contributed by atoms with Gasteiger partial charge in [-0.15, -0.1) is 0 Å². The molecule has 31 heavy (non-hydrogen) atoms. The summed E-state index contributed by atoms with van der Waals surface area (Å²) in [7, 11) is 0. The summed E-state index contributed by atoms with van der Waals surface area (Å²) in [5.41, 5.74) is 9.92. The molecule has 1 amide bonds. The van der Waals surface area contributed by atoms with Gasteiger partial charge in [0.05, 0.1) is 29.3 Å².